The first-order chi connectivity index (χ1) is 6.38. The van der Waals surface area contributed by atoms with Gasteiger partial charge in [-0.2, -0.15) is 13.2 Å². The van der Waals surface area contributed by atoms with E-state index in [2.05, 4.69) is 4.74 Å². The first kappa shape index (κ1) is 11.1. The molecular weight excluding hydrogens is 199 g/mol. The van der Waals surface area contributed by atoms with E-state index < -0.39 is 18.9 Å². The van der Waals surface area contributed by atoms with Crippen LogP contribution in [-0.2, 0) is 4.74 Å². The minimum Gasteiger partial charge on any atom is -0.440 e. The summed E-state index contributed by atoms with van der Waals surface area (Å²) >= 11 is 0. The highest BCUT2D eigenvalue weighted by Crippen LogP contribution is 2.18. The van der Waals surface area contributed by atoms with Crippen LogP contribution in [-0.4, -0.2) is 36.9 Å². The fourth-order valence-corrected chi connectivity index (χ4v) is 1.34. The summed E-state index contributed by atoms with van der Waals surface area (Å²) in [6, 6.07) is 0. The Hall–Kier alpha value is -0.940. The van der Waals surface area contributed by atoms with Crippen LogP contribution in [0.15, 0.2) is 0 Å². The monoisotopic (exact) mass is 211 g/mol. The van der Waals surface area contributed by atoms with E-state index in [0.717, 1.165) is 6.42 Å². The highest BCUT2D eigenvalue weighted by atomic mass is 19.4. The summed E-state index contributed by atoms with van der Waals surface area (Å²) < 4.78 is 39.2. The molecule has 0 bridgehead atoms. The number of alkyl halides is 3. The van der Waals surface area contributed by atoms with Crippen molar-refractivity contribution in [1.29, 1.82) is 0 Å². The number of hydrogen-bond acceptors (Lipinski definition) is 2. The van der Waals surface area contributed by atoms with Crippen molar-refractivity contribution in [3.05, 3.63) is 0 Å². The minimum atomic E-state index is -4.44. The molecule has 0 radical (unpaired) electrons. The van der Waals surface area contributed by atoms with Crippen LogP contribution in [0.1, 0.15) is 13.3 Å². The van der Waals surface area contributed by atoms with Gasteiger partial charge in [-0.25, -0.2) is 4.79 Å². The van der Waals surface area contributed by atoms with Gasteiger partial charge in [-0.3, -0.25) is 0 Å². The molecule has 1 fully saturated rings. The van der Waals surface area contributed by atoms with Crippen LogP contribution in [0, 0.1) is 5.92 Å². The number of nitrogens with zero attached hydrogens (tertiary/aromatic N) is 1. The van der Waals surface area contributed by atoms with Gasteiger partial charge in [-0.1, -0.05) is 6.92 Å². The number of halogens is 3. The molecular formula is C8H12F3NO2. The highest BCUT2D eigenvalue weighted by Gasteiger charge is 2.32. The first-order valence-corrected chi connectivity index (χ1v) is 4.37. The maximum absolute atomic E-state index is 11.7. The predicted molar refractivity (Wildman–Crippen MR) is 42.8 cm³/mol. The third kappa shape index (κ3) is 3.43. The Morgan fingerprint density at radius 1 is 1.57 bits per heavy atom. The molecule has 0 saturated carbocycles. The van der Waals surface area contributed by atoms with Crippen molar-refractivity contribution in [2.24, 2.45) is 5.92 Å². The van der Waals surface area contributed by atoms with Gasteiger partial charge in [0.1, 0.15) is 0 Å². The summed E-state index contributed by atoms with van der Waals surface area (Å²) in [6.45, 7) is 1.41. The second-order valence-corrected chi connectivity index (χ2v) is 3.51. The molecule has 1 amide bonds. The summed E-state index contributed by atoms with van der Waals surface area (Å²) in [4.78, 5) is 12.3. The van der Waals surface area contributed by atoms with Crippen LogP contribution in [0.3, 0.4) is 0 Å². The molecule has 0 aromatic carbocycles. The molecule has 1 atom stereocenters. The van der Waals surface area contributed by atoms with Gasteiger partial charge in [0.2, 0.25) is 0 Å². The van der Waals surface area contributed by atoms with E-state index in [4.69, 9.17) is 0 Å². The van der Waals surface area contributed by atoms with Crippen LogP contribution < -0.4 is 0 Å². The molecule has 3 nitrogen and oxygen atoms in total. The number of hydrogen-bond donors (Lipinski definition) is 0. The molecule has 0 N–H and O–H groups in total. The molecule has 6 heteroatoms. The van der Waals surface area contributed by atoms with Crippen LogP contribution in [0.25, 0.3) is 0 Å². The number of carbonyl (C=O) groups is 1. The summed E-state index contributed by atoms with van der Waals surface area (Å²) in [5, 5.41) is 0. The number of ether oxygens (including phenoxy) is 1. The van der Waals surface area contributed by atoms with Gasteiger partial charge in [-0.15, -0.1) is 0 Å². The fourth-order valence-electron chi connectivity index (χ4n) is 1.34. The molecule has 1 aliphatic rings. The Bertz CT molecular complexity index is 217. The molecule has 1 heterocycles. The second-order valence-electron chi connectivity index (χ2n) is 3.51. The summed E-state index contributed by atoms with van der Waals surface area (Å²) in [5.41, 5.74) is 0. The molecule has 0 aliphatic carbocycles. The second kappa shape index (κ2) is 4.06. The van der Waals surface area contributed by atoms with Gasteiger partial charge in [-0.05, 0) is 12.3 Å². The SMILES string of the molecule is CC1CCN(C(=O)OCC(F)(F)F)C1. The average molecular weight is 211 g/mol. The number of rotatable bonds is 1. The van der Waals surface area contributed by atoms with E-state index in [-0.39, 0.29) is 0 Å². The quantitative estimate of drug-likeness (QED) is 0.664. The smallest absolute Gasteiger partial charge is 0.422 e. The van der Waals surface area contributed by atoms with Crippen molar-refractivity contribution in [2.45, 2.75) is 19.5 Å². The fraction of sp³-hybridized carbons (Fsp3) is 0.875. The lowest BCUT2D eigenvalue weighted by Gasteiger charge is -2.16. The van der Waals surface area contributed by atoms with Crippen molar-refractivity contribution >= 4 is 6.09 Å². The maximum atomic E-state index is 11.7. The van der Waals surface area contributed by atoms with Gasteiger partial charge < -0.3 is 9.64 Å². The average Bonchev–Trinajstić information content (AvgIpc) is 2.46. The molecule has 1 unspecified atom stereocenters. The number of likely N-dealkylation sites (tertiary alicyclic amines) is 1. The van der Waals surface area contributed by atoms with E-state index in [1.165, 1.54) is 4.90 Å². The third-order valence-electron chi connectivity index (χ3n) is 2.04. The number of amides is 1. The molecule has 1 rings (SSSR count). The maximum Gasteiger partial charge on any atom is 0.422 e. The Kier molecular flexibility index (Phi) is 3.23. The molecule has 0 aromatic rings. The predicted octanol–water partition coefficient (Wildman–Crippen LogP) is 2.03. The van der Waals surface area contributed by atoms with Gasteiger partial charge in [0, 0.05) is 13.1 Å². The minimum absolute atomic E-state index is 0.341. The molecule has 1 saturated heterocycles. The first-order valence-electron chi connectivity index (χ1n) is 4.37. The van der Waals surface area contributed by atoms with Gasteiger partial charge in [0.05, 0.1) is 0 Å². The molecule has 1 aliphatic heterocycles. The third-order valence-corrected chi connectivity index (χ3v) is 2.04. The molecule has 82 valence electrons. The lowest BCUT2D eigenvalue weighted by molar-refractivity contribution is -0.162. The van der Waals surface area contributed by atoms with E-state index in [9.17, 15) is 18.0 Å². The van der Waals surface area contributed by atoms with Crippen molar-refractivity contribution in [3.63, 3.8) is 0 Å². The number of carbonyl (C=O) groups excluding carboxylic acids is 1. The van der Waals surface area contributed by atoms with Crippen molar-refractivity contribution in [2.75, 3.05) is 19.7 Å². The van der Waals surface area contributed by atoms with Gasteiger partial charge >= 0.3 is 12.3 Å². The molecule has 0 spiro atoms. The van der Waals surface area contributed by atoms with Crippen LogP contribution in [0.5, 0.6) is 0 Å². The summed E-state index contributed by atoms with van der Waals surface area (Å²) in [7, 11) is 0. The Morgan fingerprint density at radius 2 is 2.21 bits per heavy atom. The standard InChI is InChI=1S/C8H12F3NO2/c1-6-2-3-12(4-6)7(13)14-5-8(9,10)11/h6H,2-5H2,1H3. The zero-order valence-corrected chi connectivity index (χ0v) is 7.80. The molecule has 0 aromatic heterocycles. The van der Waals surface area contributed by atoms with Crippen LogP contribution in [0.4, 0.5) is 18.0 Å². The normalized spacial score (nSPS) is 22.6. The highest BCUT2D eigenvalue weighted by molar-refractivity contribution is 5.67. The van der Waals surface area contributed by atoms with Gasteiger partial charge in [0.15, 0.2) is 6.61 Å². The van der Waals surface area contributed by atoms with Gasteiger partial charge in [0.25, 0.3) is 0 Å². The van der Waals surface area contributed by atoms with Crippen molar-refractivity contribution in [1.82, 2.24) is 4.90 Å². The Labute approximate surface area is 79.8 Å². The zero-order valence-electron chi connectivity index (χ0n) is 7.80. The largest absolute Gasteiger partial charge is 0.440 e. The van der Waals surface area contributed by atoms with E-state index >= 15 is 0 Å². The summed E-state index contributed by atoms with van der Waals surface area (Å²) in [5.74, 6) is 0.341. The Balaban J connectivity index is 2.29. The van der Waals surface area contributed by atoms with Crippen LogP contribution >= 0.6 is 0 Å². The lowest BCUT2D eigenvalue weighted by Crippen LogP contribution is -2.32. The Morgan fingerprint density at radius 3 is 2.64 bits per heavy atom. The van der Waals surface area contributed by atoms with Crippen LogP contribution in [0.2, 0.25) is 0 Å². The lowest BCUT2D eigenvalue weighted by atomic mass is 10.2. The molecule has 14 heavy (non-hydrogen) atoms. The van der Waals surface area contributed by atoms with Crippen molar-refractivity contribution < 1.29 is 22.7 Å². The van der Waals surface area contributed by atoms with Crippen molar-refractivity contribution in [3.8, 4) is 0 Å². The topological polar surface area (TPSA) is 29.5 Å². The van der Waals surface area contributed by atoms with E-state index in [1.54, 1.807) is 0 Å². The van der Waals surface area contributed by atoms with E-state index in [0.29, 0.717) is 19.0 Å². The van der Waals surface area contributed by atoms with E-state index in [1.807, 2.05) is 6.92 Å². The zero-order chi connectivity index (χ0) is 10.8. The summed E-state index contributed by atoms with van der Waals surface area (Å²) in [6.07, 6.45) is -4.49.